The smallest absolute Gasteiger partial charge is 0.129 e. The fourth-order valence-corrected chi connectivity index (χ4v) is 1.62. The lowest BCUT2D eigenvalue weighted by atomic mass is 10.2. The van der Waals surface area contributed by atoms with Gasteiger partial charge in [0, 0.05) is 18.7 Å². The molecule has 0 saturated heterocycles. The molecule has 0 unspecified atom stereocenters. The Balaban J connectivity index is 1.91. The molecule has 4 nitrogen and oxygen atoms in total. The minimum absolute atomic E-state index is 0.242. The van der Waals surface area contributed by atoms with Crippen LogP contribution in [0.1, 0.15) is 19.8 Å². The number of hydrogen-bond donors (Lipinski definition) is 2. The molecule has 0 aliphatic heterocycles. The van der Waals surface area contributed by atoms with E-state index >= 15 is 0 Å². The third-order valence-corrected chi connectivity index (χ3v) is 2.45. The van der Waals surface area contributed by atoms with Gasteiger partial charge in [-0.1, -0.05) is 0 Å². The molecule has 1 heterocycles. The minimum Gasteiger partial charge on any atom is -0.385 e. The Bertz CT molecular complexity index is 490. The molecule has 2 rings (SSSR count). The molecule has 0 atom stereocenters. The molecule has 0 spiro atoms. The van der Waals surface area contributed by atoms with Crippen molar-refractivity contribution in [3.63, 3.8) is 0 Å². The largest absolute Gasteiger partial charge is 0.385 e. The zero-order valence-corrected chi connectivity index (χ0v) is 9.29. The van der Waals surface area contributed by atoms with Crippen molar-refractivity contribution in [1.82, 2.24) is 9.97 Å². The summed E-state index contributed by atoms with van der Waals surface area (Å²) in [5.74, 6) is 0.242. The minimum atomic E-state index is 0.242. The van der Waals surface area contributed by atoms with Gasteiger partial charge in [-0.2, -0.15) is 0 Å². The summed E-state index contributed by atoms with van der Waals surface area (Å²) in [6, 6.07) is 5.99. The van der Waals surface area contributed by atoms with Crippen LogP contribution in [0.4, 0.5) is 5.69 Å². The number of imidazole rings is 1. The number of fused-ring (bicyclic) bond motifs is 1. The Morgan fingerprint density at radius 3 is 3.19 bits per heavy atom. The van der Waals surface area contributed by atoms with Crippen molar-refractivity contribution in [2.45, 2.75) is 19.8 Å². The van der Waals surface area contributed by atoms with Gasteiger partial charge in [-0.25, -0.2) is 4.98 Å². The van der Waals surface area contributed by atoms with Crippen molar-refractivity contribution < 1.29 is 4.79 Å². The molecule has 0 bridgehead atoms. The maximum atomic E-state index is 10.8. The summed E-state index contributed by atoms with van der Waals surface area (Å²) in [6.07, 6.45) is 3.19. The number of rotatable bonds is 5. The molecule has 0 aliphatic rings. The number of Topliss-reactive ketones (excluding diaryl/α,β-unsaturated/α-hetero) is 1. The van der Waals surface area contributed by atoms with E-state index in [-0.39, 0.29) is 5.78 Å². The first kappa shape index (κ1) is 10.7. The van der Waals surface area contributed by atoms with Gasteiger partial charge in [-0.05, 0) is 31.5 Å². The third-order valence-electron chi connectivity index (χ3n) is 2.45. The number of hydrogen-bond acceptors (Lipinski definition) is 3. The maximum absolute atomic E-state index is 10.8. The van der Waals surface area contributed by atoms with Gasteiger partial charge < -0.3 is 15.1 Å². The van der Waals surface area contributed by atoms with Crippen LogP contribution >= 0.6 is 0 Å². The van der Waals surface area contributed by atoms with Crippen molar-refractivity contribution in [3.05, 3.63) is 24.5 Å². The average Bonchev–Trinajstić information content (AvgIpc) is 2.71. The Labute approximate surface area is 94.1 Å². The van der Waals surface area contributed by atoms with E-state index in [4.69, 9.17) is 0 Å². The third kappa shape index (κ3) is 2.59. The molecular weight excluding hydrogens is 202 g/mol. The molecule has 0 amide bonds. The summed E-state index contributed by atoms with van der Waals surface area (Å²) in [7, 11) is 0. The number of carbonyl (C=O) groups excluding carboxylic acids is 1. The maximum Gasteiger partial charge on any atom is 0.129 e. The fourth-order valence-electron chi connectivity index (χ4n) is 1.62. The SMILES string of the molecule is CC(=O)CCCNc1ccc2nc[nH]c2c1. The van der Waals surface area contributed by atoms with E-state index < -0.39 is 0 Å². The first-order valence-corrected chi connectivity index (χ1v) is 5.42. The van der Waals surface area contributed by atoms with E-state index in [9.17, 15) is 4.79 Å². The van der Waals surface area contributed by atoms with Crippen molar-refractivity contribution in [2.24, 2.45) is 0 Å². The number of nitrogens with zero attached hydrogens (tertiary/aromatic N) is 1. The van der Waals surface area contributed by atoms with Gasteiger partial charge >= 0.3 is 0 Å². The van der Waals surface area contributed by atoms with Crippen molar-refractivity contribution >= 4 is 22.5 Å². The lowest BCUT2D eigenvalue weighted by molar-refractivity contribution is -0.117. The Morgan fingerprint density at radius 2 is 2.38 bits per heavy atom. The van der Waals surface area contributed by atoms with E-state index in [2.05, 4.69) is 15.3 Å². The van der Waals surface area contributed by atoms with E-state index in [0.717, 1.165) is 29.7 Å². The summed E-state index contributed by atoms with van der Waals surface area (Å²) in [5.41, 5.74) is 3.05. The molecule has 1 aromatic heterocycles. The summed E-state index contributed by atoms with van der Waals surface area (Å²) in [4.78, 5) is 18.0. The van der Waals surface area contributed by atoms with Crippen LogP contribution in [0.2, 0.25) is 0 Å². The normalized spacial score (nSPS) is 10.6. The molecular formula is C12H15N3O. The van der Waals surface area contributed by atoms with Crippen LogP contribution in [-0.4, -0.2) is 22.3 Å². The van der Waals surface area contributed by atoms with Gasteiger partial charge in [-0.15, -0.1) is 0 Å². The highest BCUT2D eigenvalue weighted by atomic mass is 16.1. The predicted octanol–water partition coefficient (Wildman–Crippen LogP) is 2.34. The Hall–Kier alpha value is -1.84. The summed E-state index contributed by atoms with van der Waals surface area (Å²) < 4.78 is 0. The molecule has 1 aromatic carbocycles. The molecule has 16 heavy (non-hydrogen) atoms. The Kier molecular flexibility index (Phi) is 3.19. The first-order chi connectivity index (χ1) is 7.75. The van der Waals surface area contributed by atoms with Gasteiger partial charge in [0.1, 0.15) is 5.78 Å². The van der Waals surface area contributed by atoms with Crippen LogP contribution in [0.5, 0.6) is 0 Å². The van der Waals surface area contributed by atoms with Gasteiger partial charge in [-0.3, -0.25) is 0 Å². The Morgan fingerprint density at radius 1 is 1.50 bits per heavy atom. The van der Waals surface area contributed by atoms with Crippen molar-refractivity contribution in [1.29, 1.82) is 0 Å². The lowest BCUT2D eigenvalue weighted by Crippen LogP contribution is -2.03. The van der Waals surface area contributed by atoms with Gasteiger partial charge in [0.15, 0.2) is 0 Å². The van der Waals surface area contributed by atoms with E-state index in [1.54, 1.807) is 13.3 Å². The fraction of sp³-hybridized carbons (Fsp3) is 0.333. The van der Waals surface area contributed by atoms with Crippen LogP contribution in [0, 0.1) is 0 Å². The molecule has 0 radical (unpaired) electrons. The number of nitrogens with one attached hydrogen (secondary N) is 2. The summed E-state index contributed by atoms with van der Waals surface area (Å²) >= 11 is 0. The second-order valence-corrected chi connectivity index (χ2v) is 3.87. The molecule has 84 valence electrons. The molecule has 2 aromatic rings. The molecule has 0 fully saturated rings. The number of aromatic nitrogens is 2. The summed E-state index contributed by atoms with van der Waals surface area (Å²) in [5, 5.41) is 3.28. The molecule has 2 N–H and O–H groups in total. The number of H-pyrrole nitrogens is 1. The van der Waals surface area contributed by atoms with Crippen LogP contribution in [-0.2, 0) is 4.79 Å². The number of benzene rings is 1. The lowest BCUT2D eigenvalue weighted by Gasteiger charge is -2.05. The zero-order chi connectivity index (χ0) is 11.4. The number of anilines is 1. The highest BCUT2D eigenvalue weighted by molar-refractivity contribution is 5.78. The molecule has 0 aliphatic carbocycles. The average molecular weight is 217 g/mol. The highest BCUT2D eigenvalue weighted by Gasteiger charge is 1.98. The topological polar surface area (TPSA) is 57.8 Å². The first-order valence-electron chi connectivity index (χ1n) is 5.42. The number of ketones is 1. The van der Waals surface area contributed by atoms with Crippen molar-refractivity contribution in [3.8, 4) is 0 Å². The van der Waals surface area contributed by atoms with E-state index in [1.807, 2.05) is 18.2 Å². The van der Waals surface area contributed by atoms with Crippen LogP contribution in [0.15, 0.2) is 24.5 Å². The molecule has 0 saturated carbocycles. The highest BCUT2D eigenvalue weighted by Crippen LogP contribution is 2.15. The second-order valence-electron chi connectivity index (χ2n) is 3.87. The van der Waals surface area contributed by atoms with Gasteiger partial charge in [0.25, 0.3) is 0 Å². The second kappa shape index (κ2) is 4.79. The predicted molar refractivity (Wildman–Crippen MR) is 64.5 cm³/mol. The van der Waals surface area contributed by atoms with Crippen LogP contribution in [0.25, 0.3) is 11.0 Å². The number of carbonyl (C=O) groups is 1. The van der Waals surface area contributed by atoms with E-state index in [1.165, 1.54) is 0 Å². The van der Waals surface area contributed by atoms with E-state index in [0.29, 0.717) is 6.42 Å². The van der Waals surface area contributed by atoms with Crippen molar-refractivity contribution in [2.75, 3.05) is 11.9 Å². The van der Waals surface area contributed by atoms with Gasteiger partial charge in [0.05, 0.1) is 17.4 Å². The summed E-state index contributed by atoms with van der Waals surface area (Å²) in [6.45, 7) is 2.44. The van der Waals surface area contributed by atoms with Gasteiger partial charge in [0.2, 0.25) is 0 Å². The quantitative estimate of drug-likeness (QED) is 0.756. The van der Waals surface area contributed by atoms with Crippen LogP contribution in [0.3, 0.4) is 0 Å². The number of aromatic amines is 1. The zero-order valence-electron chi connectivity index (χ0n) is 9.29. The van der Waals surface area contributed by atoms with Crippen LogP contribution < -0.4 is 5.32 Å². The molecule has 4 heteroatoms. The monoisotopic (exact) mass is 217 g/mol. The standard InChI is InChI=1S/C12H15N3O/c1-9(16)3-2-6-13-10-4-5-11-12(7-10)15-8-14-11/h4-5,7-8,13H,2-3,6H2,1H3,(H,14,15).